The zero-order valence-corrected chi connectivity index (χ0v) is 13.1. The Kier molecular flexibility index (Phi) is 5.22. The number of ether oxygens (including phenoxy) is 1. The summed E-state index contributed by atoms with van der Waals surface area (Å²) >= 11 is 1.65. The van der Waals surface area contributed by atoms with Crippen molar-refractivity contribution >= 4 is 22.9 Å². The molecule has 21 heavy (non-hydrogen) atoms. The van der Waals surface area contributed by atoms with Gasteiger partial charge in [-0.25, -0.2) is 0 Å². The van der Waals surface area contributed by atoms with Crippen LogP contribution in [0.4, 0.5) is 5.69 Å². The first-order valence-electron chi connectivity index (χ1n) is 6.94. The zero-order chi connectivity index (χ0) is 15.2. The Morgan fingerprint density at radius 1 is 1.38 bits per heavy atom. The number of rotatable bonds is 6. The molecule has 4 nitrogen and oxygen atoms in total. The third kappa shape index (κ3) is 3.55. The van der Waals surface area contributed by atoms with Crippen LogP contribution in [-0.2, 0) is 0 Å². The highest BCUT2D eigenvalue weighted by Gasteiger charge is 2.20. The van der Waals surface area contributed by atoms with Gasteiger partial charge < -0.3 is 15.8 Å². The number of amides is 1. The van der Waals surface area contributed by atoms with Gasteiger partial charge in [-0.1, -0.05) is 25.5 Å². The number of nitrogens with one attached hydrogen (secondary N) is 1. The number of benzene rings is 1. The SMILES string of the molecule is CCCC(NC(=O)c1c(N)cccc1OC)c1cccs1. The van der Waals surface area contributed by atoms with Crippen LogP contribution < -0.4 is 15.8 Å². The predicted molar refractivity (Wildman–Crippen MR) is 86.8 cm³/mol. The van der Waals surface area contributed by atoms with Crippen molar-refractivity contribution in [2.45, 2.75) is 25.8 Å². The van der Waals surface area contributed by atoms with Crippen molar-refractivity contribution in [1.82, 2.24) is 5.32 Å². The number of methoxy groups -OCH3 is 1. The lowest BCUT2D eigenvalue weighted by Gasteiger charge is -2.18. The molecule has 1 heterocycles. The van der Waals surface area contributed by atoms with Crippen LogP contribution in [0.1, 0.15) is 41.0 Å². The van der Waals surface area contributed by atoms with E-state index in [1.165, 1.54) is 7.11 Å². The Hall–Kier alpha value is -2.01. The van der Waals surface area contributed by atoms with Gasteiger partial charge in [-0.3, -0.25) is 4.79 Å². The fourth-order valence-electron chi connectivity index (χ4n) is 2.26. The lowest BCUT2D eigenvalue weighted by molar-refractivity contribution is 0.0933. The van der Waals surface area contributed by atoms with Crippen molar-refractivity contribution in [1.29, 1.82) is 0 Å². The molecule has 0 aliphatic carbocycles. The third-order valence-corrected chi connectivity index (χ3v) is 4.26. The minimum atomic E-state index is -0.197. The van der Waals surface area contributed by atoms with E-state index in [0.29, 0.717) is 17.0 Å². The maximum atomic E-state index is 12.6. The van der Waals surface area contributed by atoms with Crippen LogP contribution in [0.3, 0.4) is 0 Å². The number of hydrogen-bond donors (Lipinski definition) is 2. The van der Waals surface area contributed by atoms with Gasteiger partial charge in [0.05, 0.1) is 13.2 Å². The Morgan fingerprint density at radius 3 is 2.81 bits per heavy atom. The molecule has 2 rings (SSSR count). The summed E-state index contributed by atoms with van der Waals surface area (Å²) in [5.41, 5.74) is 6.75. The van der Waals surface area contributed by atoms with E-state index < -0.39 is 0 Å². The zero-order valence-electron chi connectivity index (χ0n) is 12.3. The maximum absolute atomic E-state index is 12.6. The molecule has 0 spiro atoms. The van der Waals surface area contributed by atoms with Crippen LogP contribution in [0.25, 0.3) is 0 Å². The molecule has 0 aliphatic heterocycles. The molecule has 0 radical (unpaired) electrons. The quantitative estimate of drug-likeness (QED) is 0.801. The Balaban J connectivity index is 2.24. The number of nitrogens with two attached hydrogens (primary N) is 1. The molecule has 112 valence electrons. The van der Waals surface area contributed by atoms with Gasteiger partial charge in [-0.2, -0.15) is 0 Å². The number of hydrogen-bond acceptors (Lipinski definition) is 4. The second kappa shape index (κ2) is 7.13. The topological polar surface area (TPSA) is 64.4 Å². The van der Waals surface area contributed by atoms with Crippen molar-refractivity contribution in [2.75, 3.05) is 12.8 Å². The highest BCUT2D eigenvalue weighted by molar-refractivity contribution is 7.10. The summed E-state index contributed by atoms with van der Waals surface area (Å²) in [7, 11) is 1.54. The molecule has 5 heteroatoms. The number of nitrogen functional groups attached to an aromatic ring is 1. The molecular formula is C16H20N2O2S. The Morgan fingerprint density at radius 2 is 2.19 bits per heavy atom. The van der Waals surface area contributed by atoms with Gasteiger partial charge in [0.15, 0.2) is 0 Å². The molecule has 0 saturated heterocycles. The van der Waals surface area contributed by atoms with E-state index in [1.807, 2.05) is 17.5 Å². The largest absolute Gasteiger partial charge is 0.496 e. The summed E-state index contributed by atoms with van der Waals surface area (Å²) in [5.74, 6) is 0.297. The molecule has 1 aromatic heterocycles. The Labute approximate surface area is 128 Å². The molecule has 0 bridgehead atoms. The summed E-state index contributed by atoms with van der Waals surface area (Å²) in [6.07, 6.45) is 1.88. The number of carbonyl (C=O) groups is 1. The first kappa shape index (κ1) is 15.4. The van der Waals surface area contributed by atoms with E-state index >= 15 is 0 Å². The van der Waals surface area contributed by atoms with Crippen LogP contribution in [0, 0.1) is 0 Å². The van der Waals surface area contributed by atoms with Gasteiger partial charge in [-0.15, -0.1) is 11.3 Å². The van der Waals surface area contributed by atoms with Gasteiger partial charge in [-0.05, 0) is 30.0 Å². The van der Waals surface area contributed by atoms with Crippen molar-refractivity contribution in [3.05, 3.63) is 46.2 Å². The standard InChI is InChI=1S/C16H20N2O2S/c1-3-6-12(14-9-5-10-21-14)18-16(19)15-11(17)7-4-8-13(15)20-2/h4-5,7-10,12H,3,6,17H2,1-2H3,(H,18,19). The molecule has 0 fully saturated rings. The van der Waals surface area contributed by atoms with Gasteiger partial charge in [0, 0.05) is 10.6 Å². The first-order chi connectivity index (χ1) is 10.2. The van der Waals surface area contributed by atoms with Gasteiger partial charge in [0.25, 0.3) is 5.91 Å². The average Bonchev–Trinajstić information content (AvgIpc) is 3.00. The number of anilines is 1. The lowest BCUT2D eigenvalue weighted by Crippen LogP contribution is -2.29. The monoisotopic (exact) mass is 304 g/mol. The maximum Gasteiger partial charge on any atom is 0.257 e. The summed E-state index contributed by atoms with van der Waals surface area (Å²) < 4.78 is 5.24. The molecule has 1 atom stereocenters. The van der Waals surface area contributed by atoms with E-state index in [-0.39, 0.29) is 11.9 Å². The summed E-state index contributed by atoms with van der Waals surface area (Å²) in [4.78, 5) is 13.7. The minimum Gasteiger partial charge on any atom is -0.496 e. The van der Waals surface area contributed by atoms with Crippen molar-refractivity contribution < 1.29 is 9.53 Å². The summed E-state index contributed by atoms with van der Waals surface area (Å²) in [6, 6.07) is 9.26. The molecule has 2 aromatic rings. The van der Waals surface area contributed by atoms with E-state index in [0.717, 1.165) is 17.7 Å². The van der Waals surface area contributed by atoms with E-state index in [2.05, 4.69) is 12.2 Å². The molecule has 0 aliphatic rings. The van der Waals surface area contributed by atoms with Crippen LogP contribution in [-0.4, -0.2) is 13.0 Å². The molecule has 1 unspecified atom stereocenters. The van der Waals surface area contributed by atoms with Gasteiger partial charge in [0.2, 0.25) is 0 Å². The normalized spacial score (nSPS) is 11.9. The number of carbonyl (C=O) groups excluding carboxylic acids is 1. The highest BCUT2D eigenvalue weighted by Crippen LogP contribution is 2.27. The van der Waals surface area contributed by atoms with Crippen molar-refractivity contribution in [2.24, 2.45) is 0 Å². The van der Waals surface area contributed by atoms with Gasteiger partial charge in [0.1, 0.15) is 11.3 Å². The average molecular weight is 304 g/mol. The van der Waals surface area contributed by atoms with Crippen LogP contribution in [0.2, 0.25) is 0 Å². The molecule has 1 amide bonds. The van der Waals surface area contributed by atoms with Crippen LogP contribution >= 0.6 is 11.3 Å². The van der Waals surface area contributed by atoms with Gasteiger partial charge >= 0.3 is 0 Å². The highest BCUT2D eigenvalue weighted by atomic mass is 32.1. The lowest BCUT2D eigenvalue weighted by atomic mass is 10.1. The van der Waals surface area contributed by atoms with Crippen molar-refractivity contribution in [3.8, 4) is 5.75 Å². The molecule has 1 aromatic carbocycles. The fourth-order valence-corrected chi connectivity index (χ4v) is 3.07. The second-order valence-corrected chi connectivity index (χ2v) is 5.73. The first-order valence-corrected chi connectivity index (χ1v) is 7.82. The second-order valence-electron chi connectivity index (χ2n) is 4.75. The van der Waals surface area contributed by atoms with E-state index in [4.69, 9.17) is 10.5 Å². The fraction of sp³-hybridized carbons (Fsp3) is 0.312. The minimum absolute atomic E-state index is 0.00631. The van der Waals surface area contributed by atoms with E-state index in [1.54, 1.807) is 29.5 Å². The third-order valence-electron chi connectivity index (χ3n) is 3.27. The smallest absolute Gasteiger partial charge is 0.257 e. The van der Waals surface area contributed by atoms with Crippen LogP contribution in [0.5, 0.6) is 5.75 Å². The van der Waals surface area contributed by atoms with E-state index in [9.17, 15) is 4.79 Å². The van der Waals surface area contributed by atoms with Crippen LogP contribution in [0.15, 0.2) is 35.7 Å². The summed E-state index contributed by atoms with van der Waals surface area (Å²) in [5, 5.41) is 5.08. The predicted octanol–water partition coefficient (Wildman–Crippen LogP) is 3.61. The summed E-state index contributed by atoms with van der Waals surface area (Å²) in [6.45, 7) is 2.10. The Bertz CT molecular complexity index is 596. The molecule has 3 N–H and O–H groups in total. The molecule has 0 saturated carbocycles. The number of thiophene rings is 1. The van der Waals surface area contributed by atoms with Crippen molar-refractivity contribution in [3.63, 3.8) is 0 Å². The molecular weight excluding hydrogens is 284 g/mol.